The van der Waals surface area contributed by atoms with Crippen LogP contribution in [-0.4, -0.2) is 22.9 Å². The largest absolute Gasteiger partial charge is 0.393 e. The Hall–Kier alpha value is -0.0800. The summed E-state index contributed by atoms with van der Waals surface area (Å²) in [5, 5.41) is 10.5. The molecule has 0 aromatic heterocycles. The van der Waals surface area contributed by atoms with Gasteiger partial charge in [0.25, 0.3) is 0 Å². The molecular formula is C19H30O2. The minimum absolute atomic E-state index is 0.0385. The Kier molecular flexibility index (Phi) is 2.46. The van der Waals surface area contributed by atoms with Crippen LogP contribution >= 0.6 is 0 Å². The van der Waals surface area contributed by atoms with Gasteiger partial charge in [-0.15, -0.1) is 0 Å². The van der Waals surface area contributed by atoms with Crippen LogP contribution in [-0.2, 0) is 4.74 Å². The van der Waals surface area contributed by atoms with Crippen LogP contribution in [0.5, 0.6) is 0 Å². The Morgan fingerprint density at radius 3 is 2.62 bits per heavy atom. The van der Waals surface area contributed by atoms with E-state index in [-0.39, 0.29) is 17.1 Å². The van der Waals surface area contributed by atoms with Gasteiger partial charge in [0, 0.05) is 5.41 Å². The molecule has 0 aromatic carbocycles. The highest BCUT2D eigenvalue weighted by Gasteiger charge is 2.73. The summed E-state index contributed by atoms with van der Waals surface area (Å²) in [5.41, 5.74) is 0.936. The fourth-order valence-corrected chi connectivity index (χ4v) is 7.72. The van der Waals surface area contributed by atoms with Gasteiger partial charge in [-0.1, -0.05) is 20.3 Å². The molecule has 0 unspecified atom stereocenters. The van der Waals surface area contributed by atoms with Crippen molar-refractivity contribution >= 4 is 0 Å². The second kappa shape index (κ2) is 3.87. The SMILES string of the molecule is C[C@]12CC[C@H]3[C@@H](CC[C@@]45O[C@H]4CCC[C@]35C)[C@@H]1CC[C@@H]2O. The number of hydrogen-bond donors (Lipinski definition) is 1. The molecule has 1 saturated heterocycles. The third-order valence-corrected chi connectivity index (χ3v) is 9.00. The Bertz CT molecular complexity index is 476. The van der Waals surface area contributed by atoms with Gasteiger partial charge in [-0.3, -0.25) is 0 Å². The van der Waals surface area contributed by atoms with Gasteiger partial charge in [0.15, 0.2) is 0 Å². The second-order valence-corrected chi connectivity index (χ2v) is 9.36. The first-order valence-electron chi connectivity index (χ1n) is 9.37. The maximum absolute atomic E-state index is 10.5. The molecule has 5 fully saturated rings. The van der Waals surface area contributed by atoms with Crippen LogP contribution in [0.1, 0.15) is 71.6 Å². The number of aliphatic hydroxyl groups excluding tert-OH is 1. The van der Waals surface area contributed by atoms with Crippen LogP contribution < -0.4 is 0 Å². The Balaban J connectivity index is 1.51. The lowest BCUT2D eigenvalue weighted by Crippen LogP contribution is -2.57. The summed E-state index contributed by atoms with van der Waals surface area (Å²) in [4.78, 5) is 0. The minimum Gasteiger partial charge on any atom is -0.393 e. The van der Waals surface area contributed by atoms with Gasteiger partial charge in [0.1, 0.15) is 5.60 Å². The van der Waals surface area contributed by atoms with Gasteiger partial charge in [-0.05, 0) is 74.5 Å². The van der Waals surface area contributed by atoms with Crippen molar-refractivity contribution in [3.05, 3.63) is 0 Å². The fourth-order valence-electron chi connectivity index (χ4n) is 7.72. The van der Waals surface area contributed by atoms with Crippen LogP contribution in [0.4, 0.5) is 0 Å². The van der Waals surface area contributed by atoms with Gasteiger partial charge in [-0.2, -0.15) is 0 Å². The number of aliphatic hydroxyl groups is 1. The molecule has 8 atom stereocenters. The standard InChI is InChI=1S/C19H30O2/c1-17-10-8-14-12(13(17)5-6-15(17)20)7-11-19-16(21-19)4-3-9-18(14,19)2/h12-16,20H,3-11H2,1-2H3/t12-,13-,14-,15-,16-,17-,18+,19+/m0/s1. The van der Waals surface area contributed by atoms with Gasteiger partial charge in [0.2, 0.25) is 0 Å². The molecule has 118 valence electrons. The summed E-state index contributed by atoms with van der Waals surface area (Å²) in [6.07, 6.45) is 12.2. The van der Waals surface area contributed by atoms with Gasteiger partial charge in [0.05, 0.1) is 12.2 Å². The normalized spacial score (nSPS) is 65.0. The van der Waals surface area contributed by atoms with Crippen molar-refractivity contribution in [1.82, 2.24) is 0 Å². The lowest BCUT2D eigenvalue weighted by Gasteiger charge is -2.59. The molecule has 4 aliphatic carbocycles. The van der Waals surface area contributed by atoms with E-state index in [2.05, 4.69) is 13.8 Å². The van der Waals surface area contributed by atoms with Crippen molar-refractivity contribution < 1.29 is 9.84 Å². The van der Waals surface area contributed by atoms with Crippen LogP contribution in [0.25, 0.3) is 0 Å². The number of ether oxygens (including phenoxy) is 1. The molecular weight excluding hydrogens is 260 g/mol. The van der Waals surface area contributed by atoms with Crippen molar-refractivity contribution in [2.75, 3.05) is 0 Å². The Morgan fingerprint density at radius 1 is 0.905 bits per heavy atom. The molecule has 2 heteroatoms. The van der Waals surface area contributed by atoms with E-state index in [4.69, 9.17) is 4.74 Å². The molecule has 0 radical (unpaired) electrons. The predicted molar refractivity (Wildman–Crippen MR) is 81.8 cm³/mol. The lowest BCUT2D eigenvalue weighted by molar-refractivity contribution is -0.121. The Labute approximate surface area is 128 Å². The van der Waals surface area contributed by atoms with E-state index in [0.717, 1.165) is 24.2 Å². The highest BCUT2D eigenvalue weighted by Crippen LogP contribution is 2.72. The molecule has 1 spiro atoms. The topological polar surface area (TPSA) is 32.8 Å². The summed E-state index contributed by atoms with van der Waals surface area (Å²) in [6.45, 7) is 4.95. The summed E-state index contributed by atoms with van der Waals surface area (Å²) in [5.74, 6) is 2.50. The number of epoxide rings is 1. The maximum atomic E-state index is 10.5. The monoisotopic (exact) mass is 290 g/mol. The van der Waals surface area contributed by atoms with Crippen LogP contribution in [0.3, 0.4) is 0 Å². The van der Waals surface area contributed by atoms with Crippen LogP contribution in [0.15, 0.2) is 0 Å². The van der Waals surface area contributed by atoms with Gasteiger partial charge >= 0.3 is 0 Å². The minimum atomic E-state index is -0.0385. The predicted octanol–water partition coefficient (Wildman–Crippen LogP) is 3.91. The summed E-state index contributed by atoms with van der Waals surface area (Å²) >= 11 is 0. The molecule has 5 rings (SSSR count). The van der Waals surface area contributed by atoms with E-state index in [1.54, 1.807) is 0 Å². The van der Waals surface area contributed by atoms with Gasteiger partial charge in [-0.25, -0.2) is 0 Å². The highest BCUT2D eigenvalue weighted by atomic mass is 16.6. The lowest BCUT2D eigenvalue weighted by atomic mass is 9.45. The zero-order chi connectivity index (χ0) is 14.5. The molecule has 1 aliphatic heterocycles. The third kappa shape index (κ3) is 1.39. The average Bonchev–Trinajstić information content (AvgIpc) is 3.11. The van der Waals surface area contributed by atoms with Crippen molar-refractivity contribution in [1.29, 1.82) is 0 Å². The van der Waals surface area contributed by atoms with Crippen molar-refractivity contribution in [2.24, 2.45) is 28.6 Å². The van der Waals surface area contributed by atoms with Gasteiger partial charge < -0.3 is 9.84 Å². The molecule has 4 saturated carbocycles. The van der Waals surface area contributed by atoms with E-state index in [1.165, 1.54) is 51.4 Å². The van der Waals surface area contributed by atoms with E-state index >= 15 is 0 Å². The molecule has 1 heterocycles. The smallest absolute Gasteiger partial charge is 0.100 e. The zero-order valence-corrected chi connectivity index (χ0v) is 13.6. The molecule has 2 nitrogen and oxygen atoms in total. The average molecular weight is 290 g/mol. The van der Waals surface area contributed by atoms with Crippen molar-refractivity contribution in [3.8, 4) is 0 Å². The Morgan fingerprint density at radius 2 is 1.76 bits per heavy atom. The number of rotatable bonds is 0. The van der Waals surface area contributed by atoms with Crippen LogP contribution in [0, 0.1) is 28.6 Å². The third-order valence-electron chi connectivity index (χ3n) is 9.00. The first-order valence-corrected chi connectivity index (χ1v) is 9.37. The number of hydrogen-bond acceptors (Lipinski definition) is 2. The molecule has 0 bridgehead atoms. The highest BCUT2D eigenvalue weighted by molar-refractivity contribution is 5.22. The molecule has 5 aliphatic rings. The fraction of sp³-hybridized carbons (Fsp3) is 1.00. The van der Waals surface area contributed by atoms with E-state index in [0.29, 0.717) is 11.5 Å². The summed E-state index contributed by atoms with van der Waals surface area (Å²) in [7, 11) is 0. The van der Waals surface area contributed by atoms with Crippen molar-refractivity contribution in [3.63, 3.8) is 0 Å². The maximum Gasteiger partial charge on any atom is 0.100 e. The second-order valence-electron chi connectivity index (χ2n) is 9.36. The molecule has 1 N–H and O–H groups in total. The quantitative estimate of drug-likeness (QED) is 0.686. The zero-order valence-electron chi connectivity index (χ0n) is 13.6. The van der Waals surface area contributed by atoms with E-state index in [9.17, 15) is 5.11 Å². The molecule has 0 aromatic rings. The van der Waals surface area contributed by atoms with Crippen LogP contribution in [0.2, 0.25) is 0 Å². The molecule has 21 heavy (non-hydrogen) atoms. The summed E-state index contributed by atoms with van der Waals surface area (Å²) in [6, 6.07) is 0. The summed E-state index contributed by atoms with van der Waals surface area (Å²) < 4.78 is 6.33. The first kappa shape index (κ1) is 13.4. The molecule has 0 amide bonds. The van der Waals surface area contributed by atoms with E-state index in [1.807, 2.05) is 0 Å². The number of fused-ring (bicyclic) bond motifs is 4. The van der Waals surface area contributed by atoms with E-state index < -0.39 is 0 Å². The first-order chi connectivity index (χ1) is 10.0. The van der Waals surface area contributed by atoms with Crippen molar-refractivity contribution in [2.45, 2.75) is 89.4 Å².